The van der Waals surface area contributed by atoms with E-state index < -0.39 is 34.2 Å². The van der Waals surface area contributed by atoms with Crippen LogP contribution in [0.3, 0.4) is 0 Å². The summed E-state index contributed by atoms with van der Waals surface area (Å²) in [5.41, 5.74) is 5.16. The van der Waals surface area contributed by atoms with Crippen molar-refractivity contribution in [1.29, 1.82) is 0 Å². The first-order valence-electron chi connectivity index (χ1n) is 8.69. The van der Waals surface area contributed by atoms with Crippen LogP contribution < -0.4 is 15.2 Å². The lowest BCUT2D eigenvalue weighted by molar-refractivity contribution is -0.120. The molecule has 3 aromatic carbocycles. The van der Waals surface area contributed by atoms with E-state index in [0.717, 1.165) is 15.8 Å². The summed E-state index contributed by atoms with van der Waals surface area (Å²) in [4.78, 5) is 24.5. The molecule has 148 valence electrons. The van der Waals surface area contributed by atoms with Gasteiger partial charge in [0.05, 0.1) is 10.6 Å². The van der Waals surface area contributed by atoms with E-state index >= 15 is 0 Å². The number of carbonyl (C=O) groups is 2. The quantitative estimate of drug-likeness (QED) is 0.644. The Bertz CT molecular complexity index is 1270. The molecule has 1 heterocycles. The summed E-state index contributed by atoms with van der Waals surface area (Å²) >= 11 is 0. The van der Waals surface area contributed by atoms with Gasteiger partial charge in [-0.05, 0) is 42.1 Å². The number of hydrazine groups is 1. The molecule has 0 bridgehead atoms. The van der Waals surface area contributed by atoms with Gasteiger partial charge in [-0.1, -0.05) is 30.3 Å². The predicted octanol–water partition coefficient (Wildman–Crippen LogP) is 2.26. The molecule has 0 saturated heterocycles. The van der Waals surface area contributed by atoms with Crippen molar-refractivity contribution in [2.45, 2.75) is 11.8 Å². The highest BCUT2D eigenvalue weighted by Crippen LogP contribution is 2.41. The fraction of sp³-hybridized carbons (Fsp3) is 0.100. The van der Waals surface area contributed by atoms with Gasteiger partial charge in [-0.3, -0.25) is 24.7 Å². The molecule has 3 aromatic rings. The van der Waals surface area contributed by atoms with E-state index in [-0.39, 0.29) is 10.5 Å². The second-order valence-electron chi connectivity index (χ2n) is 6.61. The summed E-state index contributed by atoms with van der Waals surface area (Å²) in [5, 5.41) is 1.31. The van der Waals surface area contributed by atoms with E-state index in [4.69, 9.17) is 0 Å². The summed E-state index contributed by atoms with van der Waals surface area (Å²) < 4.78 is 40.3. The minimum absolute atomic E-state index is 0.0272. The Labute approximate surface area is 166 Å². The van der Waals surface area contributed by atoms with Crippen LogP contribution in [0.25, 0.3) is 10.8 Å². The number of benzene rings is 3. The highest BCUT2D eigenvalue weighted by atomic mass is 32.2. The van der Waals surface area contributed by atoms with Crippen molar-refractivity contribution in [1.82, 2.24) is 10.9 Å². The number of nitrogens with one attached hydrogen (secondary N) is 2. The van der Waals surface area contributed by atoms with Gasteiger partial charge in [-0.15, -0.1) is 0 Å². The van der Waals surface area contributed by atoms with Gasteiger partial charge in [-0.25, -0.2) is 12.8 Å². The molecule has 0 aromatic heterocycles. The Morgan fingerprint density at radius 1 is 1.03 bits per heavy atom. The largest absolute Gasteiger partial charge is 0.271 e. The molecule has 0 unspecified atom stereocenters. The molecule has 2 amide bonds. The zero-order chi connectivity index (χ0) is 20.8. The van der Waals surface area contributed by atoms with Crippen molar-refractivity contribution >= 4 is 38.3 Å². The number of rotatable bonds is 3. The number of hydrogen-bond acceptors (Lipinski definition) is 4. The van der Waals surface area contributed by atoms with Crippen molar-refractivity contribution < 1.29 is 22.4 Å². The van der Waals surface area contributed by atoms with Crippen LogP contribution >= 0.6 is 0 Å². The fourth-order valence-electron chi connectivity index (χ4n) is 3.23. The number of sulfonamides is 1. The maximum Gasteiger partial charge on any atom is 0.269 e. The molecule has 1 aliphatic heterocycles. The second-order valence-corrected chi connectivity index (χ2v) is 8.44. The van der Waals surface area contributed by atoms with Crippen LogP contribution in [0.15, 0.2) is 59.5 Å². The van der Waals surface area contributed by atoms with Crippen molar-refractivity contribution in [3.63, 3.8) is 0 Å². The highest BCUT2D eigenvalue weighted by Gasteiger charge is 2.36. The average Bonchev–Trinajstić information content (AvgIpc) is 2.91. The van der Waals surface area contributed by atoms with E-state index in [9.17, 15) is 22.4 Å². The van der Waals surface area contributed by atoms with Crippen LogP contribution in [0.1, 0.15) is 15.9 Å². The average molecular weight is 413 g/mol. The summed E-state index contributed by atoms with van der Waals surface area (Å²) in [6, 6.07) is 14.0. The molecule has 1 aliphatic rings. The Morgan fingerprint density at radius 3 is 2.48 bits per heavy atom. The monoisotopic (exact) mass is 413 g/mol. The number of halogens is 1. The van der Waals surface area contributed by atoms with Crippen molar-refractivity contribution in [2.75, 3.05) is 10.8 Å². The van der Waals surface area contributed by atoms with Gasteiger partial charge in [0, 0.05) is 10.9 Å². The summed E-state index contributed by atoms with van der Waals surface area (Å²) in [6.45, 7) is 1.05. The van der Waals surface area contributed by atoms with E-state index in [1.807, 2.05) is 0 Å². The molecule has 4 rings (SSSR count). The Kier molecular flexibility index (Phi) is 4.46. The van der Waals surface area contributed by atoms with Crippen LogP contribution in [-0.4, -0.2) is 26.8 Å². The second kappa shape index (κ2) is 6.85. The van der Waals surface area contributed by atoms with Crippen LogP contribution in [0.5, 0.6) is 0 Å². The van der Waals surface area contributed by atoms with Crippen LogP contribution in [0.4, 0.5) is 10.1 Å². The van der Waals surface area contributed by atoms with Crippen LogP contribution in [0.2, 0.25) is 0 Å². The number of hydrogen-bond donors (Lipinski definition) is 2. The Morgan fingerprint density at radius 2 is 1.76 bits per heavy atom. The third-order valence-electron chi connectivity index (χ3n) is 4.72. The number of nitrogens with zero attached hydrogens (tertiary/aromatic N) is 1. The van der Waals surface area contributed by atoms with Crippen LogP contribution in [-0.2, 0) is 14.8 Å². The van der Waals surface area contributed by atoms with Crippen molar-refractivity contribution in [3.05, 3.63) is 71.5 Å². The maximum absolute atomic E-state index is 13.6. The van der Waals surface area contributed by atoms with Crippen molar-refractivity contribution in [3.8, 4) is 0 Å². The minimum atomic E-state index is -3.88. The molecular weight excluding hydrogens is 397 g/mol. The van der Waals surface area contributed by atoms with Gasteiger partial charge in [-0.2, -0.15) is 0 Å². The number of amides is 2. The molecule has 0 saturated carbocycles. The zero-order valence-corrected chi connectivity index (χ0v) is 16.1. The van der Waals surface area contributed by atoms with E-state index in [2.05, 4.69) is 10.9 Å². The third-order valence-corrected chi connectivity index (χ3v) is 6.52. The molecule has 29 heavy (non-hydrogen) atoms. The standard InChI is InChI=1S/C20H16FN3O4S/c1-12-8-9-14(10-15(12)21)20(26)23-22-18(25)11-24-16-6-2-4-13-5-3-7-17(19(13)16)29(24,27)28/h2-10H,11H2,1H3,(H,22,25)(H,23,26). The number of carbonyl (C=O) groups excluding carboxylic acids is 2. The lowest BCUT2D eigenvalue weighted by atomic mass is 10.1. The first-order chi connectivity index (χ1) is 13.8. The topological polar surface area (TPSA) is 95.6 Å². The molecule has 0 spiro atoms. The Hall–Kier alpha value is -3.46. The number of anilines is 1. The molecule has 0 aliphatic carbocycles. The van der Waals surface area contributed by atoms with Gasteiger partial charge in [0.15, 0.2) is 0 Å². The zero-order valence-electron chi connectivity index (χ0n) is 15.3. The molecule has 9 heteroatoms. The lowest BCUT2D eigenvalue weighted by Crippen LogP contribution is -2.47. The predicted molar refractivity (Wildman–Crippen MR) is 105 cm³/mol. The molecule has 7 nitrogen and oxygen atoms in total. The SMILES string of the molecule is Cc1ccc(C(=O)NNC(=O)CN2c3cccc4cccc(c34)S2(=O)=O)cc1F. The fourth-order valence-corrected chi connectivity index (χ4v) is 4.90. The van der Waals surface area contributed by atoms with Gasteiger partial charge in [0.1, 0.15) is 12.4 Å². The Balaban J connectivity index is 1.50. The highest BCUT2D eigenvalue weighted by molar-refractivity contribution is 7.93. The molecular formula is C20H16FN3O4S. The minimum Gasteiger partial charge on any atom is -0.271 e. The van der Waals surface area contributed by atoms with E-state index in [0.29, 0.717) is 16.6 Å². The smallest absolute Gasteiger partial charge is 0.269 e. The first-order valence-corrected chi connectivity index (χ1v) is 10.1. The van der Waals surface area contributed by atoms with Crippen molar-refractivity contribution in [2.24, 2.45) is 0 Å². The van der Waals surface area contributed by atoms with Gasteiger partial charge in [0.2, 0.25) is 0 Å². The lowest BCUT2D eigenvalue weighted by Gasteiger charge is -2.18. The summed E-state index contributed by atoms with van der Waals surface area (Å²) in [7, 11) is -3.88. The molecule has 0 fully saturated rings. The first kappa shape index (κ1) is 18.9. The third kappa shape index (κ3) is 3.19. The number of aryl methyl sites for hydroxylation is 1. The summed E-state index contributed by atoms with van der Waals surface area (Å²) in [5.74, 6) is -2.00. The normalized spacial score (nSPS) is 14.1. The van der Waals surface area contributed by atoms with E-state index in [1.165, 1.54) is 18.2 Å². The molecule has 0 radical (unpaired) electrons. The van der Waals surface area contributed by atoms with Crippen LogP contribution in [0, 0.1) is 12.7 Å². The van der Waals surface area contributed by atoms with E-state index in [1.54, 1.807) is 37.3 Å². The van der Waals surface area contributed by atoms with Gasteiger partial charge < -0.3 is 0 Å². The molecule has 0 atom stereocenters. The van der Waals surface area contributed by atoms with Gasteiger partial charge in [0.25, 0.3) is 21.8 Å². The van der Waals surface area contributed by atoms with Gasteiger partial charge >= 0.3 is 0 Å². The molecule has 2 N–H and O–H groups in total. The summed E-state index contributed by atoms with van der Waals surface area (Å²) in [6.07, 6.45) is 0. The maximum atomic E-state index is 13.6.